The summed E-state index contributed by atoms with van der Waals surface area (Å²) in [6, 6.07) is 10.4. The molecule has 0 N–H and O–H groups in total. The van der Waals surface area contributed by atoms with Crippen LogP contribution in [-0.2, 0) is 16.4 Å². The van der Waals surface area contributed by atoms with E-state index in [4.69, 9.17) is 0 Å². The van der Waals surface area contributed by atoms with Crippen molar-refractivity contribution in [3.05, 3.63) is 59.4 Å². The number of halogens is 1. The summed E-state index contributed by atoms with van der Waals surface area (Å²) in [5, 5.41) is 0. The molecular formula is C19H19FN2O3S. The van der Waals surface area contributed by atoms with E-state index < -0.39 is 10.0 Å². The van der Waals surface area contributed by atoms with Crippen molar-refractivity contribution in [1.29, 1.82) is 0 Å². The van der Waals surface area contributed by atoms with Crippen LogP contribution in [0, 0.1) is 5.82 Å². The van der Waals surface area contributed by atoms with Crippen LogP contribution in [-0.4, -0.2) is 38.3 Å². The molecule has 2 aromatic carbocycles. The van der Waals surface area contributed by atoms with E-state index in [2.05, 4.69) is 0 Å². The van der Waals surface area contributed by atoms with Crippen molar-refractivity contribution >= 4 is 21.6 Å². The van der Waals surface area contributed by atoms with Gasteiger partial charge in [0.15, 0.2) is 0 Å². The molecule has 0 radical (unpaired) electrons. The van der Waals surface area contributed by atoms with Gasteiger partial charge in [-0.25, -0.2) is 12.8 Å². The minimum absolute atomic E-state index is 0.209. The van der Waals surface area contributed by atoms with Gasteiger partial charge >= 0.3 is 0 Å². The van der Waals surface area contributed by atoms with E-state index in [9.17, 15) is 17.6 Å². The monoisotopic (exact) mass is 374 g/mol. The van der Waals surface area contributed by atoms with Gasteiger partial charge in [0.2, 0.25) is 10.0 Å². The first-order valence-corrected chi connectivity index (χ1v) is 10.1. The fraction of sp³-hybridized carbons (Fsp3) is 0.316. The fourth-order valence-corrected chi connectivity index (χ4v) is 5.14. The minimum Gasteiger partial charge on any atom is -0.308 e. The lowest BCUT2D eigenvalue weighted by atomic mass is 10.1. The van der Waals surface area contributed by atoms with Crippen LogP contribution in [0.1, 0.15) is 28.8 Å². The van der Waals surface area contributed by atoms with Gasteiger partial charge in [0.25, 0.3) is 5.91 Å². The molecule has 5 nitrogen and oxygen atoms in total. The number of carbonyl (C=O) groups is 1. The molecule has 2 aromatic rings. The highest BCUT2D eigenvalue weighted by Gasteiger charge is 2.30. The molecular weight excluding hydrogens is 355 g/mol. The van der Waals surface area contributed by atoms with E-state index in [-0.39, 0.29) is 16.6 Å². The van der Waals surface area contributed by atoms with E-state index in [1.807, 2.05) is 0 Å². The van der Waals surface area contributed by atoms with Gasteiger partial charge in [0.05, 0.1) is 4.90 Å². The molecule has 1 amide bonds. The summed E-state index contributed by atoms with van der Waals surface area (Å²) in [6.07, 6.45) is 2.39. The smallest absolute Gasteiger partial charge is 0.258 e. The van der Waals surface area contributed by atoms with Crippen LogP contribution in [0.3, 0.4) is 0 Å². The van der Waals surface area contributed by atoms with Gasteiger partial charge in [-0.1, -0.05) is 0 Å². The number of fused-ring (bicyclic) bond motifs is 1. The first kappa shape index (κ1) is 17.2. The molecule has 136 valence electrons. The summed E-state index contributed by atoms with van der Waals surface area (Å²) < 4.78 is 40.0. The Labute approximate surface area is 152 Å². The van der Waals surface area contributed by atoms with Crippen molar-refractivity contribution in [1.82, 2.24) is 4.31 Å². The Morgan fingerprint density at radius 1 is 0.962 bits per heavy atom. The molecule has 0 bridgehead atoms. The third-order valence-electron chi connectivity index (χ3n) is 4.99. The first-order valence-electron chi connectivity index (χ1n) is 8.67. The van der Waals surface area contributed by atoms with Crippen LogP contribution >= 0.6 is 0 Å². The molecule has 1 saturated heterocycles. The first-order chi connectivity index (χ1) is 12.5. The standard InChI is InChI=1S/C19H19FN2O3S/c20-16-5-3-14(4-6-16)19(23)22-12-9-15-13-17(7-8-18(15)22)26(24,25)21-10-1-2-11-21/h3-8,13H,1-2,9-12H2. The average Bonchev–Trinajstić information content (AvgIpc) is 3.31. The van der Waals surface area contributed by atoms with Crippen LogP contribution in [0.15, 0.2) is 47.4 Å². The molecule has 0 aromatic heterocycles. The number of carbonyl (C=O) groups excluding carboxylic acids is 1. The number of hydrogen-bond donors (Lipinski definition) is 0. The zero-order valence-electron chi connectivity index (χ0n) is 14.2. The highest BCUT2D eigenvalue weighted by atomic mass is 32.2. The molecule has 2 aliphatic heterocycles. The molecule has 0 spiro atoms. The topological polar surface area (TPSA) is 57.7 Å². The van der Waals surface area contributed by atoms with Gasteiger partial charge < -0.3 is 4.90 Å². The molecule has 4 rings (SSSR count). The van der Waals surface area contributed by atoms with Gasteiger partial charge in [-0.2, -0.15) is 4.31 Å². The third-order valence-corrected chi connectivity index (χ3v) is 6.88. The summed E-state index contributed by atoms with van der Waals surface area (Å²) in [5.74, 6) is -0.598. The quantitative estimate of drug-likeness (QED) is 0.830. The Balaban J connectivity index is 1.62. The maximum Gasteiger partial charge on any atom is 0.258 e. The summed E-state index contributed by atoms with van der Waals surface area (Å²) in [5.41, 5.74) is 1.98. The second-order valence-electron chi connectivity index (χ2n) is 6.62. The molecule has 7 heteroatoms. The Morgan fingerprint density at radius 2 is 1.65 bits per heavy atom. The van der Waals surface area contributed by atoms with Gasteiger partial charge in [-0.3, -0.25) is 4.79 Å². The molecule has 0 atom stereocenters. The van der Waals surface area contributed by atoms with Crippen LogP contribution in [0.25, 0.3) is 0 Å². The Hall–Kier alpha value is -2.25. The van der Waals surface area contributed by atoms with E-state index >= 15 is 0 Å². The van der Waals surface area contributed by atoms with E-state index in [1.54, 1.807) is 23.1 Å². The Kier molecular flexibility index (Phi) is 4.28. The Bertz CT molecular complexity index is 951. The van der Waals surface area contributed by atoms with Crippen LogP contribution in [0.4, 0.5) is 10.1 Å². The lowest BCUT2D eigenvalue weighted by Crippen LogP contribution is -2.29. The lowest BCUT2D eigenvalue weighted by molar-refractivity contribution is 0.0989. The second-order valence-corrected chi connectivity index (χ2v) is 8.55. The third kappa shape index (κ3) is 2.91. The molecule has 1 fully saturated rings. The second kappa shape index (κ2) is 6.48. The predicted octanol–water partition coefficient (Wildman–Crippen LogP) is 2.81. The zero-order chi connectivity index (χ0) is 18.3. The molecule has 0 unspecified atom stereocenters. The minimum atomic E-state index is -3.47. The SMILES string of the molecule is O=C(c1ccc(F)cc1)N1CCc2cc(S(=O)(=O)N3CCCC3)ccc21. The summed E-state index contributed by atoms with van der Waals surface area (Å²) in [6.45, 7) is 1.61. The maximum atomic E-state index is 13.1. The van der Waals surface area contributed by atoms with E-state index in [1.165, 1.54) is 28.6 Å². The number of benzene rings is 2. The molecule has 0 saturated carbocycles. The zero-order valence-corrected chi connectivity index (χ0v) is 15.0. The van der Waals surface area contributed by atoms with Crippen molar-refractivity contribution in [2.24, 2.45) is 0 Å². The maximum absolute atomic E-state index is 13.1. The largest absolute Gasteiger partial charge is 0.308 e. The van der Waals surface area contributed by atoms with Crippen LogP contribution < -0.4 is 4.90 Å². The fourth-order valence-electron chi connectivity index (χ4n) is 3.58. The summed E-state index contributed by atoms with van der Waals surface area (Å²) >= 11 is 0. The van der Waals surface area contributed by atoms with Gasteiger partial charge in [0.1, 0.15) is 5.82 Å². The number of hydrogen-bond acceptors (Lipinski definition) is 3. The van der Waals surface area contributed by atoms with Crippen LogP contribution in [0.5, 0.6) is 0 Å². The highest BCUT2D eigenvalue weighted by Crippen LogP contribution is 2.32. The molecule has 26 heavy (non-hydrogen) atoms. The molecule has 2 aliphatic rings. The normalized spacial score (nSPS) is 17.5. The van der Waals surface area contributed by atoms with Gasteiger partial charge in [0, 0.05) is 30.9 Å². The lowest BCUT2D eigenvalue weighted by Gasteiger charge is -2.19. The van der Waals surface area contributed by atoms with E-state index in [0.717, 1.165) is 24.1 Å². The molecule has 0 aliphatic carbocycles. The molecule has 2 heterocycles. The van der Waals surface area contributed by atoms with Crippen molar-refractivity contribution in [3.63, 3.8) is 0 Å². The average molecular weight is 374 g/mol. The predicted molar refractivity (Wildman–Crippen MR) is 96.2 cm³/mol. The number of sulfonamides is 1. The van der Waals surface area contributed by atoms with Crippen LogP contribution in [0.2, 0.25) is 0 Å². The van der Waals surface area contributed by atoms with E-state index in [0.29, 0.717) is 31.6 Å². The number of anilines is 1. The summed E-state index contributed by atoms with van der Waals surface area (Å²) in [7, 11) is -3.47. The van der Waals surface area contributed by atoms with Crippen molar-refractivity contribution in [2.75, 3.05) is 24.5 Å². The van der Waals surface area contributed by atoms with Gasteiger partial charge in [-0.15, -0.1) is 0 Å². The number of rotatable bonds is 3. The highest BCUT2D eigenvalue weighted by molar-refractivity contribution is 7.89. The number of nitrogens with zero attached hydrogens (tertiary/aromatic N) is 2. The summed E-state index contributed by atoms with van der Waals surface area (Å²) in [4.78, 5) is 14.6. The van der Waals surface area contributed by atoms with Gasteiger partial charge in [-0.05, 0) is 67.3 Å². The van der Waals surface area contributed by atoms with Crippen molar-refractivity contribution in [3.8, 4) is 0 Å². The van der Waals surface area contributed by atoms with Crippen molar-refractivity contribution in [2.45, 2.75) is 24.2 Å². The van der Waals surface area contributed by atoms with Crippen molar-refractivity contribution < 1.29 is 17.6 Å². The Morgan fingerprint density at radius 3 is 2.35 bits per heavy atom. The number of amides is 1.